The Kier molecular flexibility index (Phi) is 75.5. The molecule has 0 atom stereocenters. The molecule has 0 heterocycles. The van der Waals surface area contributed by atoms with Crippen molar-refractivity contribution >= 4 is 0 Å². The molecule has 0 unspecified atom stereocenters. The first-order chi connectivity index (χ1) is 2.00. The van der Waals surface area contributed by atoms with Crippen LogP contribution in [0.25, 0.3) is 0 Å². The zero-order valence-corrected chi connectivity index (χ0v) is 4.55. The summed E-state index contributed by atoms with van der Waals surface area (Å²) in [5.74, 6) is 3.50. The Hall–Kier alpha value is 1.06. The Bertz CT molecular complexity index is 6.00. The van der Waals surface area contributed by atoms with Crippen molar-refractivity contribution in [2.45, 2.75) is 0 Å². The molecule has 0 saturated carbocycles. The molecule has 0 bridgehead atoms. The van der Waals surface area contributed by atoms with Gasteiger partial charge in [-0.05, 0) is 0 Å². The van der Waals surface area contributed by atoms with Gasteiger partial charge in [0.25, 0.3) is 0 Å². The molecule has 0 radical (unpaired) electrons. The van der Waals surface area contributed by atoms with E-state index >= 15 is 0 Å². The number of nitrogens with one attached hydrogen (secondary N) is 1. The van der Waals surface area contributed by atoms with Crippen molar-refractivity contribution in [3.05, 3.63) is 0 Å². The Labute approximate surface area is 50.4 Å². The van der Waals surface area contributed by atoms with E-state index in [1.54, 1.807) is 0 Å². The normalized spacial score (nSPS) is 2.50. The van der Waals surface area contributed by atoms with Gasteiger partial charge in [0.15, 0.2) is 0 Å². The zero-order chi connectivity index (χ0) is 4.00. The summed E-state index contributed by atoms with van der Waals surface area (Å²) in [6.45, 7) is 0. The van der Waals surface area contributed by atoms with Crippen molar-refractivity contribution in [1.82, 2.24) is 0 Å². The number of hydrogen-bond donors (Lipinski definition) is 3. The third-order valence-electron chi connectivity index (χ3n) is 0. The van der Waals surface area contributed by atoms with Crippen LogP contribution in [0.4, 0.5) is 0 Å². The average Bonchev–Trinajstić information content (AvgIpc) is 1.50. The fraction of sp³-hybridized carbons (Fsp3) is 0. The van der Waals surface area contributed by atoms with Gasteiger partial charge in [-0.25, -0.2) is 5.90 Å². The van der Waals surface area contributed by atoms with Gasteiger partial charge in [-0.2, -0.15) is 0 Å². The van der Waals surface area contributed by atoms with E-state index in [1.807, 2.05) is 0 Å². The van der Waals surface area contributed by atoms with Crippen molar-refractivity contribution in [1.29, 1.82) is 1.47 Å². The fourth-order valence-corrected chi connectivity index (χ4v) is 0. The first-order valence-electron chi connectivity index (χ1n) is 0.462. The predicted molar refractivity (Wildman–Crippen MR) is 8.69 cm³/mol. The van der Waals surface area contributed by atoms with Gasteiger partial charge in [-0.1, -0.05) is 0 Å². The molecule has 0 rings (SSSR count). The van der Waals surface area contributed by atoms with E-state index in [4.69, 9.17) is 6.68 Å². The average molecular weight is 198 g/mol. The molecule has 0 fully saturated rings. The summed E-state index contributed by atoms with van der Waals surface area (Å²) >= 11 is 0.833. The summed E-state index contributed by atoms with van der Waals surface area (Å²) in [4.78, 5) is 0. The fourth-order valence-electron chi connectivity index (χ4n) is 0. The van der Waals surface area contributed by atoms with Crippen LogP contribution in [0.3, 0.4) is 0 Å². The Balaban J connectivity index is 0. The van der Waals surface area contributed by atoms with Crippen molar-refractivity contribution in [2.24, 2.45) is 5.90 Å². The molecule has 26 valence electrons. The summed E-state index contributed by atoms with van der Waals surface area (Å²) in [5, 5.41) is 6.50. The second-order valence-electron chi connectivity index (χ2n) is 0. The molecule has 4 N–H and O–H groups in total. The molecule has 0 amide bonds. The Morgan fingerprint density at radius 1 is 1.50 bits per heavy atom. The molecule has 0 aliphatic heterocycles. The first-order valence-corrected chi connectivity index (χ1v) is 1.77. The summed E-state index contributed by atoms with van der Waals surface area (Å²) in [6, 6.07) is 0. The van der Waals surface area contributed by atoms with Crippen LogP contribution in [0.5, 0.6) is 0 Å². The quantitative estimate of drug-likeness (QED) is 0.465. The van der Waals surface area contributed by atoms with Crippen LogP contribution >= 0.6 is 0 Å². The molecule has 3 nitrogen and oxygen atoms in total. The second kappa shape index (κ2) is 33.9. The number of nitrogens with two attached hydrogens (primary N) is 1. The summed E-state index contributed by atoms with van der Waals surface area (Å²) in [5.41, 5.74) is 0. The van der Waals surface area contributed by atoms with Crippen LogP contribution < -0.4 is 5.90 Å². The topological polar surface area (TPSA) is 70.1 Å². The monoisotopic (exact) mass is 200 g/mol. The maximum atomic E-state index is 6.50. The van der Waals surface area contributed by atoms with Crippen molar-refractivity contribution in [3.8, 4) is 0 Å². The van der Waals surface area contributed by atoms with Crippen LogP contribution in [0.15, 0.2) is 0 Å². The van der Waals surface area contributed by atoms with Crippen molar-refractivity contribution in [3.63, 3.8) is 0 Å². The van der Waals surface area contributed by atoms with E-state index in [0.29, 0.717) is 0 Å². The molecule has 0 aliphatic rings. The van der Waals surface area contributed by atoms with E-state index in [-0.39, 0.29) is 0 Å². The summed E-state index contributed by atoms with van der Waals surface area (Å²) < 4.78 is 5.83. The van der Waals surface area contributed by atoms with E-state index < -0.39 is 0 Å². The SMILES string of the molecule is NO.[NH]=[Sm]. The molecule has 0 aliphatic carbocycles. The van der Waals surface area contributed by atoms with Crippen molar-refractivity contribution in [2.75, 3.05) is 0 Å². The van der Waals surface area contributed by atoms with Crippen LogP contribution in [0, 0.1) is 39.7 Å². The molecular weight excluding hydrogens is 194 g/mol. The minimum atomic E-state index is 0.833. The van der Waals surface area contributed by atoms with Crippen molar-refractivity contribution < 1.29 is 43.4 Å². The molecular formula is H4N2OSm. The Morgan fingerprint density at radius 3 is 1.50 bits per heavy atom. The van der Waals surface area contributed by atoms with Gasteiger partial charge in [0.2, 0.25) is 0 Å². The second-order valence-corrected chi connectivity index (χ2v) is 0. The van der Waals surface area contributed by atoms with E-state index in [9.17, 15) is 0 Å². The number of hydrogen-bond acceptors (Lipinski definition) is 3. The minimum absolute atomic E-state index is 0.833. The summed E-state index contributed by atoms with van der Waals surface area (Å²) in [6.07, 6.45) is 0. The Morgan fingerprint density at radius 2 is 1.50 bits per heavy atom. The third kappa shape index (κ3) is 11.6. The molecule has 0 aromatic heterocycles. The standard InChI is InChI=1S/H3NO.HN.Sm/c1-2;;/h2H,1H2;1H;. The third-order valence-corrected chi connectivity index (χ3v) is 0. The van der Waals surface area contributed by atoms with Crippen LogP contribution in [-0.4, -0.2) is 5.21 Å². The predicted octanol–water partition coefficient (Wildman–Crippen LogP) is -0.368. The van der Waals surface area contributed by atoms with Gasteiger partial charge in [0.05, 0.1) is 0 Å². The molecule has 0 aromatic rings. The van der Waals surface area contributed by atoms with Gasteiger partial charge in [0.1, 0.15) is 0 Å². The molecule has 4 heavy (non-hydrogen) atoms. The van der Waals surface area contributed by atoms with Crippen LogP contribution in [0.1, 0.15) is 0 Å². The van der Waals surface area contributed by atoms with Gasteiger partial charge in [-0.3, -0.25) is 0 Å². The van der Waals surface area contributed by atoms with Crippen LogP contribution in [-0.2, 0) is 0 Å². The van der Waals surface area contributed by atoms with Gasteiger partial charge in [-0.15, -0.1) is 0 Å². The van der Waals surface area contributed by atoms with Gasteiger partial charge >= 0.3 is 39.7 Å². The van der Waals surface area contributed by atoms with Crippen LogP contribution in [0.2, 0.25) is 0 Å². The first kappa shape index (κ1) is 8.91. The maximum absolute atomic E-state index is 6.50. The molecule has 4 heteroatoms. The van der Waals surface area contributed by atoms with E-state index in [0.717, 1.165) is 38.2 Å². The van der Waals surface area contributed by atoms with Gasteiger partial charge < -0.3 is 5.21 Å². The molecule has 0 aromatic carbocycles. The van der Waals surface area contributed by atoms with E-state index in [2.05, 4.69) is 5.90 Å². The summed E-state index contributed by atoms with van der Waals surface area (Å²) in [7, 11) is 0. The van der Waals surface area contributed by atoms with Gasteiger partial charge in [0, 0.05) is 0 Å². The number of rotatable bonds is 0. The molecule has 0 saturated heterocycles. The zero-order valence-electron chi connectivity index (χ0n) is 1.93. The van der Waals surface area contributed by atoms with E-state index in [1.165, 1.54) is 0 Å². The molecule has 0 spiro atoms.